The summed E-state index contributed by atoms with van der Waals surface area (Å²) in [5, 5.41) is 0. The molecule has 0 radical (unpaired) electrons. The lowest BCUT2D eigenvalue weighted by Crippen LogP contribution is -2.24. The Morgan fingerprint density at radius 2 is 2.29 bits per heavy atom. The molecule has 1 heterocycles. The predicted molar refractivity (Wildman–Crippen MR) is 63.0 cm³/mol. The first-order chi connectivity index (χ1) is 8.24. The summed E-state index contributed by atoms with van der Waals surface area (Å²) in [5.74, 6) is 0.848. The fraction of sp³-hybridized carbons (Fsp3) is 0.385. The van der Waals surface area contributed by atoms with Crippen LogP contribution >= 0.6 is 0 Å². The van der Waals surface area contributed by atoms with Gasteiger partial charge in [-0.1, -0.05) is 12.1 Å². The number of rotatable bonds is 4. The Morgan fingerprint density at radius 1 is 1.47 bits per heavy atom. The van der Waals surface area contributed by atoms with Gasteiger partial charge in [0.15, 0.2) is 0 Å². The first-order valence-corrected chi connectivity index (χ1v) is 5.64. The van der Waals surface area contributed by atoms with E-state index in [1.165, 1.54) is 0 Å². The number of hydrogen-bond donors (Lipinski definition) is 0. The van der Waals surface area contributed by atoms with Crippen LogP contribution in [-0.4, -0.2) is 30.7 Å². The summed E-state index contributed by atoms with van der Waals surface area (Å²) in [5.41, 5.74) is 1.52. The van der Waals surface area contributed by atoms with Crippen molar-refractivity contribution in [3.8, 4) is 5.75 Å². The average Bonchev–Trinajstić information content (AvgIpc) is 2.75. The number of nitrogens with zero attached hydrogens (tertiary/aromatic N) is 1. The number of methoxy groups -OCH3 is 1. The molecule has 4 nitrogen and oxygen atoms in total. The van der Waals surface area contributed by atoms with Crippen LogP contribution < -0.4 is 4.74 Å². The molecular formula is C13H15NO3. The van der Waals surface area contributed by atoms with E-state index >= 15 is 0 Å². The third kappa shape index (κ3) is 2.46. The summed E-state index contributed by atoms with van der Waals surface area (Å²) < 4.78 is 5.24. The Hall–Kier alpha value is -1.84. The van der Waals surface area contributed by atoms with Crippen molar-refractivity contribution in [2.45, 2.75) is 19.4 Å². The SMILES string of the molecule is COc1cc(C=O)ccc1CN1CCCC1=O. The van der Waals surface area contributed by atoms with Crippen molar-refractivity contribution < 1.29 is 14.3 Å². The van der Waals surface area contributed by atoms with E-state index in [2.05, 4.69) is 0 Å². The minimum absolute atomic E-state index is 0.187. The van der Waals surface area contributed by atoms with Gasteiger partial charge >= 0.3 is 0 Å². The van der Waals surface area contributed by atoms with E-state index in [9.17, 15) is 9.59 Å². The quantitative estimate of drug-likeness (QED) is 0.742. The summed E-state index contributed by atoms with van der Waals surface area (Å²) in [6.45, 7) is 1.36. The van der Waals surface area contributed by atoms with Gasteiger partial charge in [-0.15, -0.1) is 0 Å². The van der Waals surface area contributed by atoms with Gasteiger partial charge < -0.3 is 9.64 Å². The van der Waals surface area contributed by atoms with Gasteiger partial charge in [0.05, 0.1) is 7.11 Å². The van der Waals surface area contributed by atoms with E-state index in [-0.39, 0.29) is 5.91 Å². The monoisotopic (exact) mass is 233 g/mol. The normalized spacial score (nSPS) is 15.1. The number of carbonyl (C=O) groups excluding carboxylic acids is 2. The van der Waals surface area contributed by atoms with Crippen LogP contribution in [0.3, 0.4) is 0 Å². The molecule has 17 heavy (non-hydrogen) atoms. The second-order valence-electron chi connectivity index (χ2n) is 4.11. The van der Waals surface area contributed by atoms with E-state index in [1.807, 2.05) is 11.0 Å². The van der Waals surface area contributed by atoms with E-state index in [1.54, 1.807) is 19.2 Å². The molecule has 0 atom stereocenters. The largest absolute Gasteiger partial charge is 0.496 e. The van der Waals surface area contributed by atoms with Crippen LogP contribution in [0.1, 0.15) is 28.8 Å². The average molecular weight is 233 g/mol. The van der Waals surface area contributed by atoms with E-state index in [4.69, 9.17) is 4.74 Å². The minimum atomic E-state index is 0.187. The lowest BCUT2D eigenvalue weighted by molar-refractivity contribution is -0.128. The zero-order valence-electron chi connectivity index (χ0n) is 9.81. The number of benzene rings is 1. The molecule has 0 aliphatic carbocycles. The summed E-state index contributed by atoms with van der Waals surface area (Å²) in [7, 11) is 1.57. The Labute approximate surface area is 100 Å². The Kier molecular flexibility index (Phi) is 3.42. The molecule has 0 spiro atoms. The van der Waals surface area contributed by atoms with Gasteiger partial charge in [0.2, 0.25) is 5.91 Å². The zero-order valence-corrected chi connectivity index (χ0v) is 9.81. The van der Waals surface area contributed by atoms with Crippen LogP contribution in [0.15, 0.2) is 18.2 Å². The smallest absolute Gasteiger partial charge is 0.222 e. The topological polar surface area (TPSA) is 46.6 Å². The lowest BCUT2D eigenvalue weighted by Gasteiger charge is -2.17. The highest BCUT2D eigenvalue weighted by molar-refractivity contribution is 5.78. The minimum Gasteiger partial charge on any atom is -0.496 e. The Morgan fingerprint density at radius 3 is 2.88 bits per heavy atom. The van der Waals surface area contributed by atoms with Crippen molar-refractivity contribution in [2.75, 3.05) is 13.7 Å². The predicted octanol–water partition coefficient (Wildman–Crippen LogP) is 1.63. The molecule has 0 bridgehead atoms. The molecule has 1 fully saturated rings. The first-order valence-electron chi connectivity index (χ1n) is 5.64. The molecule has 2 rings (SSSR count). The molecule has 1 aromatic rings. The molecule has 1 saturated heterocycles. The third-order valence-electron chi connectivity index (χ3n) is 2.98. The van der Waals surface area contributed by atoms with Crippen molar-refractivity contribution in [2.24, 2.45) is 0 Å². The number of aldehydes is 1. The first kappa shape index (κ1) is 11.6. The van der Waals surface area contributed by atoms with E-state index in [0.29, 0.717) is 24.3 Å². The van der Waals surface area contributed by atoms with Gasteiger partial charge in [0.25, 0.3) is 0 Å². The van der Waals surface area contributed by atoms with Crippen molar-refractivity contribution in [3.63, 3.8) is 0 Å². The number of likely N-dealkylation sites (tertiary alicyclic amines) is 1. The highest BCUT2D eigenvalue weighted by atomic mass is 16.5. The molecule has 1 aliphatic rings. The highest BCUT2D eigenvalue weighted by Gasteiger charge is 2.21. The van der Waals surface area contributed by atoms with E-state index in [0.717, 1.165) is 24.8 Å². The van der Waals surface area contributed by atoms with Crippen LogP contribution in [0, 0.1) is 0 Å². The van der Waals surface area contributed by atoms with Gasteiger partial charge in [-0.25, -0.2) is 0 Å². The molecule has 1 amide bonds. The summed E-state index contributed by atoms with van der Waals surface area (Å²) in [4.78, 5) is 24.0. The lowest BCUT2D eigenvalue weighted by atomic mass is 10.1. The van der Waals surface area contributed by atoms with Crippen LogP contribution in [0.4, 0.5) is 0 Å². The maximum Gasteiger partial charge on any atom is 0.222 e. The second kappa shape index (κ2) is 4.99. The maximum atomic E-state index is 11.5. The molecule has 0 N–H and O–H groups in total. The van der Waals surface area contributed by atoms with Crippen molar-refractivity contribution in [3.05, 3.63) is 29.3 Å². The van der Waals surface area contributed by atoms with Gasteiger partial charge in [-0.3, -0.25) is 9.59 Å². The van der Waals surface area contributed by atoms with Crippen LogP contribution in [0.5, 0.6) is 5.75 Å². The summed E-state index contributed by atoms with van der Waals surface area (Å²) in [6, 6.07) is 5.28. The van der Waals surface area contributed by atoms with Gasteiger partial charge in [0.1, 0.15) is 12.0 Å². The molecular weight excluding hydrogens is 218 g/mol. The zero-order chi connectivity index (χ0) is 12.3. The van der Waals surface area contributed by atoms with Gasteiger partial charge in [-0.05, 0) is 12.5 Å². The fourth-order valence-corrected chi connectivity index (χ4v) is 2.04. The van der Waals surface area contributed by atoms with Crippen LogP contribution in [0.2, 0.25) is 0 Å². The number of amides is 1. The second-order valence-corrected chi connectivity index (χ2v) is 4.11. The molecule has 90 valence electrons. The molecule has 0 aromatic heterocycles. The standard InChI is InChI=1S/C13H15NO3/c1-17-12-7-10(9-15)4-5-11(12)8-14-6-2-3-13(14)16/h4-5,7,9H,2-3,6,8H2,1H3. The Bertz CT molecular complexity index is 442. The van der Waals surface area contributed by atoms with Crippen molar-refractivity contribution >= 4 is 12.2 Å². The molecule has 0 saturated carbocycles. The molecule has 4 heteroatoms. The summed E-state index contributed by atoms with van der Waals surface area (Å²) in [6.07, 6.45) is 2.34. The Balaban J connectivity index is 2.19. The highest BCUT2D eigenvalue weighted by Crippen LogP contribution is 2.23. The number of carbonyl (C=O) groups is 2. The maximum absolute atomic E-state index is 11.5. The molecule has 1 aliphatic heterocycles. The van der Waals surface area contributed by atoms with Crippen LogP contribution in [0.25, 0.3) is 0 Å². The molecule has 1 aromatic carbocycles. The van der Waals surface area contributed by atoms with Crippen molar-refractivity contribution in [1.82, 2.24) is 4.90 Å². The van der Waals surface area contributed by atoms with Gasteiger partial charge in [0, 0.05) is 30.6 Å². The van der Waals surface area contributed by atoms with Crippen LogP contribution in [-0.2, 0) is 11.3 Å². The third-order valence-corrected chi connectivity index (χ3v) is 2.98. The van der Waals surface area contributed by atoms with Gasteiger partial charge in [-0.2, -0.15) is 0 Å². The number of ether oxygens (including phenoxy) is 1. The number of hydrogen-bond acceptors (Lipinski definition) is 3. The van der Waals surface area contributed by atoms with E-state index < -0.39 is 0 Å². The molecule has 0 unspecified atom stereocenters. The fourth-order valence-electron chi connectivity index (χ4n) is 2.04. The summed E-state index contributed by atoms with van der Waals surface area (Å²) >= 11 is 0. The van der Waals surface area contributed by atoms with Crippen molar-refractivity contribution in [1.29, 1.82) is 0 Å².